The summed E-state index contributed by atoms with van der Waals surface area (Å²) in [6, 6.07) is 25.0. The number of anilines is 1. The number of nitrogens with one attached hydrogen (secondary N) is 2. The molecule has 3 aromatic rings. The number of unbranched alkanes of at least 4 members (excludes halogenated alkanes) is 1. The minimum atomic E-state index is -0.285. The van der Waals surface area contributed by atoms with Gasteiger partial charge in [-0.25, -0.2) is 0 Å². The number of benzene rings is 3. The Hall–Kier alpha value is -3.38. The number of amides is 1. The van der Waals surface area contributed by atoms with Crippen LogP contribution in [0.5, 0.6) is 11.5 Å². The van der Waals surface area contributed by atoms with Crippen molar-refractivity contribution in [2.45, 2.75) is 32.6 Å². The average Bonchev–Trinajstić information content (AvgIpc) is 2.84. The quantitative estimate of drug-likeness (QED) is 0.270. The summed E-state index contributed by atoms with van der Waals surface area (Å²) in [4.78, 5) is 12.5. The van der Waals surface area contributed by atoms with Gasteiger partial charge in [-0.15, -0.1) is 0 Å². The topological polar surface area (TPSA) is 59.6 Å². The molecule has 0 atom stereocenters. The van der Waals surface area contributed by atoms with Crippen LogP contribution in [-0.2, 0) is 6.42 Å². The molecule has 3 rings (SSSR count). The van der Waals surface area contributed by atoms with Gasteiger partial charge in [0, 0.05) is 11.3 Å². The minimum Gasteiger partial charge on any atom is -0.494 e. The number of rotatable bonds is 11. The molecular weight excluding hydrogens is 432 g/mol. The van der Waals surface area contributed by atoms with Crippen molar-refractivity contribution < 1.29 is 14.3 Å². The molecule has 3 aromatic carbocycles. The van der Waals surface area contributed by atoms with Crippen LogP contribution in [0.3, 0.4) is 0 Å². The van der Waals surface area contributed by atoms with Crippen LogP contribution in [-0.4, -0.2) is 24.2 Å². The van der Waals surface area contributed by atoms with Crippen LogP contribution in [0.4, 0.5) is 5.69 Å². The average molecular weight is 463 g/mol. The smallest absolute Gasteiger partial charge is 0.257 e. The zero-order valence-electron chi connectivity index (χ0n) is 18.9. The number of thiocarbonyl (C=S) groups is 1. The van der Waals surface area contributed by atoms with Crippen molar-refractivity contribution in [3.63, 3.8) is 0 Å². The molecule has 2 N–H and O–H groups in total. The highest BCUT2D eigenvalue weighted by molar-refractivity contribution is 7.80. The van der Waals surface area contributed by atoms with Crippen molar-refractivity contribution in [2.75, 3.05) is 18.5 Å². The van der Waals surface area contributed by atoms with Crippen LogP contribution in [0, 0.1) is 0 Å². The van der Waals surface area contributed by atoms with Gasteiger partial charge in [0.15, 0.2) is 5.11 Å². The highest BCUT2D eigenvalue weighted by Gasteiger charge is 2.09. The minimum absolute atomic E-state index is 0.230. The van der Waals surface area contributed by atoms with E-state index in [0.29, 0.717) is 24.5 Å². The van der Waals surface area contributed by atoms with E-state index in [1.54, 1.807) is 18.2 Å². The van der Waals surface area contributed by atoms with E-state index in [2.05, 4.69) is 41.8 Å². The molecule has 0 heterocycles. The summed E-state index contributed by atoms with van der Waals surface area (Å²) in [5.74, 6) is 1.18. The van der Waals surface area contributed by atoms with Crippen LogP contribution in [0.25, 0.3) is 0 Å². The Bertz CT molecular complexity index is 1020. The van der Waals surface area contributed by atoms with E-state index in [4.69, 9.17) is 21.7 Å². The van der Waals surface area contributed by atoms with Crippen molar-refractivity contribution in [3.8, 4) is 11.5 Å². The normalized spacial score (nSPS) is 10.3. The van der Waals surface area contributed by atoms with Crippen molar-refractivity contribution in [1.29, 1.82) is 0 Å². The SMILES string of the molecule is CCCCOc1cccc(C(=O)NC(=S)Nc2ccc(OCCCc3ccccc3)cc2)c1. The predicted octanol–water partition coefficient (Wildman–Crippen LogP) is 6.00. The first-order valence-electron chi connectivity index (χ1n) is 11.3. The van der Waals surface area contributed by atoms with Gasteiger partial charge >= 0.3 is 0 Å². The van der Waals surface area contributed by atoms with Crippen LogP contribution in [0.2, 0.25) is 0 Å². The van der Waals surface area contributed by atoms with Crippen molar-refractivity contribution >= 4 is 28.9 Å². The first-order chi connectivity index (χ1) is 16.1. The van der Waals surface area contributed by atoms with Gasteiger partial charge in [0.05, 0.1) is 13.2 Å². The van der Waals surface area contributed by atoms with Gasteiger partial charge in [0.2, 0.25) is 0 Å². The molecule has 0 bridgehead atoms. The highest BCUT2D eigenvalue weighted by Crippen LogP contribution is 2.17. The van der Waals surface area contributed by atoms with E-state index in [9.17, 15) is 4.79 Å². The van der Waals surface area contributed by atoms with E-state index in [-0.39, 0.29) is 11.0 Å². The number of carbonyl (C=O) groups excluding carboxylic acids is 1. The maximum absolute atomic E-state index is 12.5. The highest BCUT2D eigenvalue weighted by atomic mass is 32.1. The molecule has 0 unspecified atom stereocenters. The second-order valence-electron chi connectivity index (χ2n) is 7.60. The Morgan fingerprint density at radius 1 is 0.848 bits per heavy atom. The zero-order valence-corrected chi connectivity index (χ0v) is 19.7. The van der Waals surface area contributed by atoms with E-state index in [1.165, 1.54) is 5.56 Å². The Labute approximate surface area is 201 Å². The van der Waals surface area contributed by atoms with E-state index in [0.717, 1.165) is 37.1 Å². The van der Waals surface area contributed by atoms with Crippen molar-refractivity contribution in [2.24, 2.45) is 0 Å². The molecule has 0 aliphatic heterocycles. The predicted molar refractivity (Wildman–Crippen MR) is 137 cm³/mol. The molecule has 0 aliphatic rings. The Morgan fingerprint density at radius 3 is 2.33 bits per heavy atom. The van der Waals surface area contributed by atoms with Crippen LogP contribution in [0.1, 0.15) is 42.1 Å². The molecule has 6 heteroatoms. The first-order valence-corrected chi connectivity index (χ1v) is 11.7. The molecular formula is C27H30N2O3S. The fourth-order valence-corrected chi connectivity index (χ4v) is 3.36. The summed E-state index contributed by atoms with van der Waals surface area (Å²) in [6.07, 6.45) is 3.97. The van der Waals surface area contributed by atoms with Crippen LogP contribution in [0.15, 0.2) is 78.9 Å². The number of carbonyl (C=O) groups is 1. The maximum atomic E-state index is 12.5. The molecule has 33 heavy (non-hydrogen) atoms. The summed E-state index contributed by atoms with van der Waals surface area (Å²) in [6.45, 7) is 3.39. The Morgan fingerprint density at radius 2 is 1.58 bits per heavy atom. The maximum Gasteiger partial charge on any atom is 0.257 e. The number of aryl methyl sites for hydroxylation is 1. The van der Waals surface area contributed by atoms with Gasteiger partial charge in [-0.3, -0.25) is 10.1 Å². The summed E-state index contributed by atoms with van der Waals surface area (Å²) >= 11 is 5.29. The standard InChI is InChI=1S/C27H30N2O3S/c1-2-3-18-32-25-13-7-12-22(20-25)26(30)29-27(33)28-23-14-16-24(17-15-23)31-19-8-11-21-9-5-4-6-10-21/h4-7,9-10,12-17,20H,2-3,8,11,18-19H2,1H3,(H2,28,29,30,33). The second-order valence-corrected chi connectivity index (χ2v) is 8.01. The van der Waals surface area contributed by atoms with Gasteiger partial charge in [0.1, 0.15) is 11.5 Å². The van der Waals surface area contributed by atoms with Gasteiger partial charge in [-0.1, -0.05) is 49.7 Å². The van der Waals surface area contributed by atoms with Crippen molar-refractivity contribution in [3.05, 3.63) is 90.0 Å². The third-order valence-corrected chi connectivity index (χ3v) is 5.13. The summed E-state index contributed by atoms with van der Waals surface area (Å²) in [7, 11) is 0. The van der Waals surface area contributed by atoms with Crippen molar-refractivity contribution in [1.82, 2.24) is 5.32 Å². The molecule has 0 radical (unpaired) electrons. The fraction of sp³-hybridized carbons (Fsp3) is 0.259. The number of ether oxygens (including phenoxy) is 2. The molecule has 0 spiro atoms. The lowest BCUT2D eigenvalue weighted by Gasteiger charge is -2.12. The van der Waals surface area contributed by atoms with E-state index in [1.807, 2.05) is 36.4 Å². The van der Waals surface area contributed by atoms with Gasteiger partial charge < -0.3 is 14.8 Å². The largest absolute Gasteiger partial charge is 0.494 e. The second kappa shape index (κ2) is 13.2. The van der Waals surface area contributed by atoms with Crippen LogP contribution < -0.4 is 20.1 Å². The monoisotopic (exact) mass is 462 g/mol. The van der Waals surface area contributed by atoms with E-state index < -0.39 is 0 Å². The van der Waals surface area contributed by atoms with Gasteiger partial charge in [-0.2, -0.15) is 0 Å². The molecule has 0 saturated heterocycles. The molecule has 0 fully saturated rings. The molecule has 0 aromatic heterocycles. The molecule has 5 nitrogen and oxygen atoms in total. The number of hydrogen-bond acceptors (Lipinski definition) is 4. The van der Waals surface area contributed by atoms with E-state index >= 15 is 0 Å². The summed E-state index contributed by atoms with van der Waals surface area (Å²) < 4.78 is 11.5. The molecule has 172 valence electrons. The van der Waals surface area contributed by atoms with Gasteiger partial charge in [-0.05, 0) is 79.5 Å². The molecule has 1 amide bonds. The molecule has 0 aliphatic carbocycles. The zero-order chi connectivity index (χ0) is 23.3. The first kappa shape index (κ1) is 24.3. The lowest BCUT2D eigenvalue weighted by atomic mass is 10.1. The summed E-state index contributed by atoms with van der Waals surface area (Å²) in [5, 5.41) is 5.96. The third-order valence-electron chi connectivity index (χ3n) is 4.92. The lowest BCUT2D eigenvalue weighted by Crippen LogP contribution is -2.34. The fourth-order valence-electron chi connectivity index (χ4n) is 3.14. The van der Waals surface area contributed by atoms with Crippen LogP contribution >= 0.6 is 12.2 Å². The Kier molecular flexibility index (Phi) is 9.73. The summed E-state index contributed by atoms with van der Waals surface area (Å²) in [5.41, 5.74) is 2.58. The Balaban J connectivity index is 1.41. The molecule has 0 saturated carbocycles. The van der Waals surface area contributed by atoms with Gasteiger partial charge in [0.25, 0.3) is 5.91 Å². The third kappa shape index (κ3) is 8.58. The number of hydrogen-bond donors (Lipinski definition) is 2. The lowest BCUT2D eigenvalue weighted by molar-refractivity contribution is 0.0977.